The van der Waals surface area contributed by atoms with Gasteiger partial charge in [0.2, 0.25) is 0 Å². The van der Waals surface area contributed by atoms with Crippen molar-refractivity contribution in [2.75, 3.05) is 5.32 Å². The lowest BCUT2D eigenvalue weighted by molar-refractivity contribution is 0.713. The molecule has 1 rings (SSSR count). The van der Waals surface area contributed by atoms with Crippen molar-refractivity contribution in [3.8, 4) is 0 Å². The number of hydrogen-bond acceptors (Lipinski definition) is 1. The van der Waals surface area contributed by atoms with Gasteiger partial charge in [-0.15, -0.1) is 0 Å². The summed E-state index contributed by atoms with van der Waals surface area (Å²) in [4.78, 5) is 0. The minimum atomic E-state index is 0.585. The lowest BCUT2D eigenvalue weighted by atomic mass is 9.97. The fourth-order valence-electron chi connectivity index (χ4n) is 1.48. The van der Waals surface area contributed by atoms with Crippen LogP contribution in [0, 0.1) is 5.92 Å². The van der Waals surface area contributed by atoms with Crippen LogP contribution in [-0.4, -0.2) is 0 Å². The van der Waals surface area contributed by atoms with E-state index in [0.717, 1.165) is 18.5 Å². The summed E-state index contributed by atoms with van der Waals surface area (Å²) in [7, 11) is 0. The Kier molecular flexibility index (Phi) is 4.84. The van der Waals surface area contributed by atoms with E-state index in [1.807, 2.05) is 0 Å². The topological polar surface area (TPSA) is 12.0 Å². The highest BCUT2D eigenvalue weighted by Crippen LogP contribution is 2.16. The third-order valence-corrected chi connectivity index (χ3v) is 2.77. The molecule has 0 fully saturated rings. The Balaban J connectivity index is 2.49. The number of rotatable bonds is 6. The molecule has 86 valence electrons. The molecule has 0 heterocycles. The van der Waals surface area contributed by atoms with Gasteiger partial charge in [-0.3, -0.25) is 0 Å². The number of nitrogens with one attached hydrogen (secondary N) is 1. The number of benzene rings is 1. The maximum Gasteiger partial charge on any atom is 0.0379 e. The van der Waals surface area contributed by atoms with Gasteiger partial charge in [0.05, 0.1) is 0 Å². The average Bonchev–Trinajstić information content (AvgIpc) is 2.28. The van der Waals surface area contributed by atoms with Crippen molar-refractivity contribution in [2.24, 2.45) is 5.92 Å². The zero-order valence-corrected chi connectivity index (χ0v) is 10.3. The molecule has 0 atom stereocenters. The fraction of sp³-hybridized carbons (Fsp3) is 0.333. The first-order chi connectivity index (χ1) is 7.63. The van der Waals surface area contributed by atoms with E-state index in [9.17, 15) is 0 Å². The molecule has 0 saturated heterocycles. The monoisotopic (exact) mass is 215 g/mol. The van der Waals surface area contributed by atoms with Crippen molar-refractivity contribution in [1.82, 2.24) is 0 Å². The molecule has 0 unspecified atom stereocenters. The van der Waals surface area contributed by atoms with Crippen LogP contribution in [-0.2, 0) is 6.42 Å². The highest BCUT2D eigenvalue weighted by molar-refractivity contribution is 5.46. The van der Waals surface area contributed by atoms with Gasteiger partial charge in [-0.2, -0.15) is 0 Å². The van der Waals surface area contributed by atoms with Crippen molar-refractivity contribution in [1.29, 1.82) is 0 Å². The molecule has 0 aromatic heterocycles. The molecule has 1 aromatic carbocycles. The maximum absolute atomic E-state index is 4.09. The first kappa shape index (κ1) is 12.6. The third kappa shape index (κ3) is 3.93. The number of anilines is 1. The van der Waals surface area contributed by atoms with Gasteiger partial charge in [0.15, 0.2) is 0 Å². The van der Waals surface area contributed by atoms with Gasteiger partial charge < -0.3 is 5.32 Å². The molecule has 0 radical (unpaired) electrons. The zero-order chi connectivity index (χ0) is 12.0. The molecule has 1 aromatic rings. The Labute approximate surface area is 98.9 Å². The van der Waals surface area contributed by atoms with Gasteiger partial charge in [0.25, 0.3) is 0 Å². The number of aryl methyl sites for hydroxylation is 1. The molecule has 0 aliphatic heterocycles. The van der Waals surface area contributed by atoms with Crippen molar-refractivity contribution in [3.63, 3.8) is 0 Å². The van der Waals surface area contributed by atoms with E-state index in [-0.39, 0.29) is 0 Å². The van der Waals surface area contributed by atoms with Crippen LogP contribution in [0.15, 0.2) is 49.2 Å². The predicted molar refractivity (Wildman–Crippen MR) is 72.6 cm³/mol. The Bertz CT molecular complexity index is 346. The second kappa shape index (κ2) is 6.16. The molecular weight excluding hydrogens is 194 g/mol. The van der Waals surface area contributed by atoms with Crippen molar-refractivity contribution < 1.29 is 0 Å². The van der Waals surface area contributed by atoms with Crippen LogP contribution in [0.3, 0.4) is 0 Å². The molecule has 1 N–H and O–H groups in total. The minimum absolute atomic E-state index is 0.585. The Hall–Kier alpha value is -1.50. The molecule has 0 saturated carbocycles. The van der Waals surface area contributed by atoms with E-state index < -0.39 is 0 Å². The molecular formula is C15H21N. The molecule has 0 spiro atoms. The van der Waals surface area contributed by atoms with Gasteiger partial charge in [0.1, 0.15) is 0 Å². The lowest BCUT2D eigenvalue weighted by Crippen LogP contribution is -1.95. The first-order valence-electron chi connectivity index (χ1n) is 5.77. The summed E-state index contributed by atoms with van der Waals surface area (Å²) >= 11 is 0. The smallest absolute Gasteiger partial charge is 0.0379 e. The number of allylic oxidation sites excluding steroid dienone is 1. The van der Waals surface area contributed by atoms with E-state index in [0.29, 0.717) is 5.92 Å². The molecule has 16 heavy (non-hydrogen) atoms. The molecule has 0 aliphatic rings. The highest BCUT2D eigenvalue weighted by atomic mass is 14.8. The summed E-state index contributed by atoms with van der Waals surface area (Å²) in [5.41, 5.74) is 3.77. The summed E-state index contributed by atoms with van der Waals surface area (Å²) in [6.45, 7) is 12.1. The van der Waals surface area contributed by atoms with E-state index in [1.165, 1.54) is 11.1 Å². The average molecular weight is 215 g/mol. The SMILES string of the molecule is C=CNc1ccc(CCC(=C)C(C)C)cc1. The van der Waals surface area contributed by atoms with Crippen molar-refractivity contribution >= 4 is 5.69 Å². The fourth-order valence-corrected chi connectivity index (χ4v) is 1.48. The van der Waals surface area contributed by atoms with Crippen LogP contribution < -0.4 is 5.32 Å². The zero-order valence-electron chi connectivity index (χ0n) is 10.3. The molecule has 1 nitrogen and oxygen atoms in total. The van der Waals surface area contributed by atoms with Gasteiger partial charge in [0, 0.05) is 5.69 Å². The predicted octanol–water partition coefficient (Wildman–Crippen LogP) is 4.39. The van der Waals surface area contributed by atoms with E-state index in [4.69, 9.17) is 0 Å². The normalized spacial score (nSPS) is 10.2. The van der Waals surface area contributed by atoms with Gasteiger partial charge in [-0.05, 0) is 42.7 Å². The standard InChI is InChI=1S/C15H21N/c1-5-16-15-10-8-14(9-11-15)7-6-13(4)12(2)3/h5,8-12,16H,1,4,6-7H2,2-3H3. The highest BCUT2D eigenvalue weighted by Gasteiger charge is 2.01. The van der Waals surface area contributed by atoms with E-state index >= 15 is 0 Å². The molecule has 0 bridgehead atoms. The minimum Gasteiger partial charge on any atom is -0.362 e. The van der Waals surface area contributed by atoms with Gasteiger partial charge in [-0.25, -0.2) is 0 Å². The molecule has 0 aliphatic carbocycles. The van der Waals surface area contributed by atoms with Crippen LogP contribution in [0.1, 0.15) is 25.8 Å². The summed E-state index contributed by atoms with van der Waals surface area (Å²) in [5, 5.41) is 3.06. The Morgan fingerprint density at radius 2 is 1.94 bits per heavy atom. The van der Waals surface area contributed by atoms with Crippen LogP contribution >= 0.6 is 0 Å². The van der Waals surface area contributed by atoms with Crippen molar-refractivity contribution in [3.05, 3.63) is 54.8 Å². The Morgan fingerprint density at radius 3 is 2.44 bits per heavy atom. The summed E-state index contributed by atoms with van der Waals surface area (Å²) in [6, 6.07) is 8.46. The quantitative estimate of drug-likeness (QED) is 0.694. The van der Waals surface area contributed by atoms with Gasteiger partial charge >= 0.3 is 0 Å². The lowest BCUT2D eigenvalue weighted by Gasteiger charge is -2.09. The van der Waals surface area contributed by atoms with E-state index in [2.05, 4.69) is 56.6 Å². The summed E-state index contributed by atoms with van der Waals surface area (Å²) in [5.74, 6) is 0.585. The maximum atomic E-state index is 4.09. The Morgan fingerprint density at radius 1 is 1.31 bits per heavy atom. The largest absolute Gasteiger partial charge is 0.362 e. The number of hydrogen-bond donors (Lipinski definition) is 1. The van der Waals surface area contributed by atoms with Gasteiger partial charge in [-0.1, -0.05) is 44.7 Å². The van der Waals surface area contributed by atoms with Crippen LogP contribution in [0.2, 0.25) is 0 Å². The third-order valence-electron chi connectivity index (χ3n) is 2.77. The van der Waals surface area contributed by atoms with Crippen LogP contribution in [0.4, 0.5) is 5.69 Å². The molecule has 0 amide bonds. The summed E-state index contributed by atoms with van der Waals surface area (Å²) < 4.78 is 0. The van der Waals surface area contributed by atoms with Crippen LogP contribution in [0.5, 0.6) is 0 Å². The van der Waals surface area contributed by atoms with E-state index in [1.54, 1.807) is 6.20 Å². The second-order valence-corrected chi connectivity index (χ2v) is 4.36. The first-order valence-corrected chi connectivity index (χ1v) is 5.77. The summed E-state index contributed by atoms with van der Waals surface area (Å²) in [6.07, 6.45) is 3.84. The molecule has 1 heteroatoms. The van der Waals surface area contributed by atoms with Crippen LogP contribution in [0.25, 0.3) is 0 Å². The second-order valence-electron chi connectivity index (χ2n) is 4.36. The van der Waals surface area contributed by atoms with Crippen molar-refractivity contribution in [2.45, 2.75) is 26.7 Å².